The van der Waals surface area contributed by atoms with Crippen LogP contribution < -0.4 is 9.47 Å². The zero-order valence-electron chi connectivity index (χ0n) is 17.7. The highest BCUT2D eigenvalue weighted by Gasteiger charge is 2.15. The summed E-state index contributed by atoms with van der Waals surface area (Å²) in [4.78, 5) is 5.23. The molecule has 4 nitrogen and oxygen atoms in total. The van der Waals surface area contributed by atoms with Crippen molar-refractivity contribution in [1.82, 2.24) is 0 Å². The number of ether oxygens (including phenoxy) is 2. The van der Waals surface area contributed by atoms with Gasteiger partial charge in [0.15, 0.2) is 0 Å². The fourth-order valence-electron chi connectivity index (χ4n) is 2.64. The third-order valence-electron chi connectivity index (χ3n) is 3.92. The largest absolute Gasteiger partial charge is 0.493 e. The van der Waals surface area contributed by atoms with Gasteiger partial charge in [-0.15, -0.1) is 0 Å². The summed E-state index contributed by atoms with van der Waals surface area (Å²) in [5, 5.41) is 3.94. The molecule has 0 saturated heterocycles. The van der Waals surface area contributed by atoms with E-state index in [1.165, 1.54) is 5.56 Å². The van der Waals surface area contributed by atoms with Gasteiger partial charge in [0.2, 0.25) is 0 Å². The third kappa shape index (κ3) is 9.70. The lowest BCUT2D eigenvalue weighted by atomic mass is 9.96. The van der Waals surface area contributed by atoms with Gasteiger partial charge < -0.3 is 14.3 Å². The third-order valence-corrected chi connectivity index (χ3v) is 4.23. The van der Waals surface area contributed by atoms with E-state index in [0.717, 1.165) is 48.5 Å². The van der Waals surface area contributed by atoms with Crippen molar-refractivity contribution in [2.45, 2.75) is 66.2 Å². The van der Waals surface area contributed by atoms with Crippen LogP contribution in [0.25, 0.3) is 0 Å². The molecule has 0 radical (unpaired) electrons. The molecule has 0 atom stereocenters. The van der Waals surface area contributed by atoms with Crippen molar-refractivity contribution < 1.29 is 14.3 Å². The standard InChI is InChI=1S/C22H33Cl2NO3/c1-6-9-18-14-19(26-13-10-21(23)24)15-20(16(2)3)22(18)27-11-7-8-12-28-25-17(4)5/h10,14-16H,6-9,11-13H2,1-5H3. The number of unbranched alkanes of at least 4 members (excludes halogenated alkanes) is 1. The quantitative estimate of drug-likeness (QED) is 0.192. The normalized spacial score (nSPS) is 10.6. The van der Waals surface area contributed by atoms with Crippen LogP contribution in [0.3, 0.4) is 0 Å². The van der Waals surface area contributed by atoms with Crippen LogP contribution in [0.2, 0.25) is 0 Å². The fourth-order valence-corrected chi connectivity index (χ4v) is 2.77. The van der Waals surface area contributed by atoms with Gasteiger partial charge in [0.25, 0.3) is 0 Å². The maximum atomic E-state index is 6.21. The van der Waals surface area contributed by atoms with Crippen LogP contribution in [0.5, 0.6) is 11.5 Å². The monoisotopic (exact) mass is 429 g/mol. The summed E-state index contributed by atoms with van der Waals surface area (Å²) < 4.78 is 12.2. The molecular weight excluding hydrogens is 397 g/mol. The van der Waals surface area contributed by atoms with Gasteiger partial charge in [-0.05, 0) is 62.8 Å². The number of benzene rings is 1. The first-order chi connectivity index (χ1) is 13.3. The van der Waals surface area contributed by atoms with E-state index >= 15 is 0 Å². The second-order valence-corrected chi connectivity index (χ2v) is 8.15. The van der Waals surface area contributed by atoms with E-state index in [1.54, 1.807) is 6.08 Å². The molecule has 158 valence electrons. The summed E-state index contributed by atoms with van der Waals surface area (Å²) in [6.07, 6.45) is 5.43. The van der Waals surface area contributed by atoms with Crippen molar-refractivity contribution >= 4 is 28.9 Å². The Labute approximate surface area is 179 Å². The van der Waals surface area contributed by atoms with Gasteiger partial charge in [-0.2, -0.15) is 0 Å². The van der Waals surface area contributed by atoms with E-state index in [9.17, 15) is 0 Å². The molecule has 1 rings (SSSR count). The predicted molar refractivity (Wildman–Crippen MR) is 119 cm³/mol. The molecule has 1 aromatic carbocycles. The molecule has 0 N–H and O–H groups in total. The molecule has 0 aromatic heterocycles. The molecular formula is C22H33Cl2NO3. The SMILES string of the molecule is CCCc1cc(OCC=C(Cl)Cl)cc(C(C)C)c1OCCCCON=C(C)C. The zero-order valence-corrected chi connectivity index (χ0v) is 19.2. The average molecular weight is 430 g/mol. The second-order valence-electron chi connectivity index (χ2n) is 7.14. The molecule has 0 unspecified atom stereocenters. The first kappa shape index (κ1) is 24.6. The van der Waals surface area contributed by atoms with E-state index in [0.29, 0.717) is 25.7 Å². The lowest BCUT2D eigenvalue weighted by molar-refractivity contribution is 0.135. The number of oxime groups is 1. The minimum Gasteiger partial charge on any atom is -0.493 e. The van der Waals surface area contributed by atoms with Crippen LogP contribution in [0.1, 0.15) is 70.9 Å². The molecule has 6 heteroatoms. The molecule has 0 aliphatic rings. The minimum absolute atomic E-state index is 0.210. The predicted octanol–water partition coefficient (Wildman–Crippen LogP) is 7.03. The van der Waals surface area contributed by atoms with Crippen molar-refractivity contribution in [3.8, 4) is 11.5 Å². The smallest absolute Gasteiger partial charge is 0.126 e. The molecule has 0 aliphatic carbocycles. The Kier molecular flexibility index (Phi) is 12.1. The average Bonchev–Trinajstić information content (AvgIpc) is 2.61. The summed E-state index contributed by atoms with van der Waals surface area (Å²) in [7, 11) is 0. The molecule has 28 heavy (non-hydrogen) atoms. The van der Waals surface area contributed by atoms with Crippen LogP contribution in [0.15, 0.2) is 27.9 Å². The number of nitrogens with zero attached hydrogens (tertiary/aromatic N) is 1. The summed E-state index contributed by atoms with van der Waals surface area (Å²) in [5.41, 5.74) is 3.25. The molecule has 0 saturated carbocycles. The first-order valence-electron chi connectivity index (χ1n) is 9.91. The highest BCUT2D eigenvalue weighted by molar-refractivity contribution is 6.55. The molecule has 0 bridgehead atoms. The maximum absolute atomic E-state index is 6.21. The van der Waals surface area contributed by atoms with E-state index in [-0.39, 0.29) is 4.49 Å². The van der Waals surface area contributed by atoms with Crippen LogP contribution >= 0.6 is 23.2 Å². The van der Waals surface area contributed by atoms with Crippen molar-refractivity contribution in [3.05, 3.63) is 33.8 Å². The van der Waals surface area contributed by atoms with Gasteiger partial charge in [-0.25, -0.2) is 0 Å². The summed E-state index contributed by atoms with van der Waals surface area (Å²) >= 11 is 11.3. The van der Waals surface area contributed by atoms with Crippen LogP contribution in [0.4, 0.5) is 0 Å². The van der Waals surface area contributed by atoms with Crippen molar-refractivity contribution in [3.63, 3.8) is 0 Å². The van der Waals surface area contributed by atoms with Crippen molar-refractivity contribution in [2.75, 3.05) is 19.8 Å². The lowest BCUT2D eigenvalue weighted by Gasteiger charge is -2.20. The number of halogens is 2. The van der Waals surface area contributed by atoms with E-state index in [1.807, 2.05) is 13.8 Å². The molecule has 1 aromatic rings. The van der Waals surface area contributed by atoms with Gasteiger partial charge in [0, 0.05) is 5.56 Å². The number of aryl methyl sites for hydroxylation is 1. The van der Waals surface area contributed by atoms with Gasteiger partial charge >= 0.3 is 0 Å². The Balaban J connectivity index is 2.81. The van der Waals surface area contributed by atoms with Gasteiger partial charge in [-0.1, -0.05) is 55.5 Å². The highest BCUT2D eigenvalue weighted by Crippen LogP contribution is 2.35. The molecule has 0 spiro atoms. The molecule has 0 amide bonds. The van der Waals surface area contributed by atoms with Crippen LogP contribution in [-0.2, 0) is 11.3 Å². The highest BCUT2D eigenvalue weighted by atomic mass is 35.5. The Morgan fingerprint density at radius 1 is 1.11 bits per heavy atom. The van der Waals surface area contributed by atoms with Crippen LogP contribution in [-0.4, -0.2) is 25.5 Å². The number of hydrogen-bond acceptors (Lipinski definition) is 4. The van der Waals surface area contributed by atoms with Crippen LogP contribution in [0, 0.1) is 0 Å². The fraction of sp³-hybridized carbons (Fsp3) is 0.591. The van der Waals surface area contributed by atoms with Crippen molar-refractivity contribution in [2.24, 2.45) is 5.16 Å². The van der Waals surface area contributed by atoms with E-state index in [2.05, 4.69) is 38.1 Å². The lowest BCUT2D eigenvalue weighted by Crippen LogP contribution is -2.07. The topological polar surface area (TPSA) is 40.0 Å². The van der Waals surface area contributed by atoms with Crippen molar-refractivity contribution in [1.29, 1.82) is 0 Å². The molecule has 0 fully saturated rings. The Hall–Kier alpha value is -1.39. The van der Waals surface area contributed by atoms with Gasteiger partial charge in [0.1, 0.15) is 29.2 Å². The Morgan fingerprint density at radius 2 is 1.82 bits per heavy atom. The maximum Gasteiger partial charge on any atom is 0.126 e. The first-order valence-corrected chi connectivity index (χ1v) is 10.7. The van der Waals surface area contributed by atoms with Gasteiger partial charge in [0.05, 0.1) is 12.3 Å². The van der Waals surface area contributed by atoms with E-state index < -0.39 is 0 Å². The van der Waals surface area contributed by atoms with E-state index in [4.69, 9.17) is 37.5 Å². The zero-order chi connectivity index (χ0) is 20.9. The minimum atomic E-state index is 0.210. The second kappa shape index (κ2) is 13.7. The summed E-state index contributed by atoms with van der Waals surface area (Å²) in [5.74, 6) is 2.12. The Morgan fingerprint density at radius 3 is 2.43 bits per heavy atom. The summed E-state index contributed by atoms with van der Waals surface area (Å²) in [6.45, 7) is 11.9. The Bertz CT molecular complexity index is 649. The van der Waals surface area contributed by atoms with Gasteiger partial charge in [-0.3, -0.25) is 0 Å². The molecule has 0 heterocycles. The summed E-state index contributed by atoms with van der Waals surface area (Å²) in [6, 6.07) is 4.11. The number of rotatable bonds is 13. The molecule has 0 aliphatic heterocycles. The number of hydrogen-bond donors (Lipinski definition) is 0.